The molecule has 1 unspecified atom stereocenters. The van der Waals surface area contributed by atoms with Crippen LogP contribution in [-0.2, 0) is 25.5 Å². The van der Waals surface area contributed by atoms with Crippen LogP contribution in [0.1, 0.15) is 51.5 Å². The number of hydrogen-bond donors (Lipinski definition) is 1. The second-order valence-electron chi connectivity index (χ2n) is 7.26. The Balaban J connectivity index is 0.00000392. The fraction of sp³-hybridized carbons (Fsp3) is 0.571. The van der Waals surface area contributed by atoms with Crippen LogP contribution in [0, 0.1) is 11.8 Å². The van der Waals surface area contributed by atoms with Gasteiger partial charge in [0.2, 0.25) is 0 Å². The highest BCUT2D eigenvalue weighted by molar-refractivity contribution is 5.85. The van der Waals surface area contributed by atoms with E-state index >= 15 is 0 Å². The van der Waals surface area contributed by atoms with Crippen molar-refractivity contribution in [1.82, 2.24) is 0 Å². The van der Waals surface area contributed by atoms with E-state index < -0.39 is 12.1 Å². The number of rotatable bonds is 8. The van der Waals surface area contributed by atoms with Crippen LogP contribution < -0.4 is 10.5 Å². The Morgan fingerprint density at radius 1 is 1.11 bits per heavy atom. The van der Waals surface area contributed by atoms with Gasteiger partial charge in [0, 0.05) is 6.42 Å². The fourth-order valence-electron chi connectivity index (χ4n) is 3.14. The molecule has 0 amide bonds. The first-order valence-electron chi connectivity index (χ1n) is 9.59. The molecule has 28 heavy (non-hydrogen) atoms. The van der Waals surface area contributed by atoms with E-state index in [9.17, 15) is 14.4 Å². The van der Waals surface area contributed by atoms with E-state index in [0.29, 0.717) is 24.6 Å². The Morgan fingerprint density at radius 2 is 1.71 bits per heavy atom. The number of carbonyl (C=O) groups is 3. The van der Waals surface area contributed by atoms with Gasteiger partial charge in [-0.1, -0.05) is 12.1 Å². The minimum atomic E-state index is -0.709. The van der Waals surface area contributed by atoms with Crippen molar-refractivity contribution in [2.45, 2.75) is 58.5 Å². The van der Waals surface area contributed by atoms with Gasteiger partial charge in [-0.25, -0.2) is 0 Å². The molecule has 0 bridgehead atoms. The Bertz CT molecular complexity index is 653. The summed E-state index contributed by atoms with van der Waals surface area (Å²) in [6.07, 6.45) is 3.61. The smallest absolute Gasteiger partial charge is 0.314 e. The Hall–Kier alpha value is -1.92. The summed E-state index contributed by atoms with van der Waals surface area (Å²) in [5, 5.41) is 0. The molecule has 0 spiro atoms. The maximum atomic E-state index is 12.3. The predicted molar refractivity (Wildman–Crippen MR) is 108 cm³/mol. The van der Waals surface area contributed by atoms with Crippen LogP contribution in [0.25, 0.3) is 0 Å². The first-order valence-corrected chi connectivity index (χ1v) is 9.59. The molecule has 1 aliphatic rings. The number of halogens is 1. The highest BCUT2D eigenvalue weighted by Crippen LogP contribution is 2.29. The van der Waals surface area contributed by atoms with Gasteiger partial charge in [0.25, 0.3) is 0 Å². The monoisotopic (exact) mass is 411 g/mol. The number of esters is 2. The van der Waals surface area contributed by atoms with Gasteiger partial charge < -0.3 is 15.2 Å². The molecule has 1 fully saturated rings. The molecule has 1 aliphatic carbocycles. The maximum absolute atomic E-state index is 12.3. The molecule has 1 aromatic carbocycles. The van der Waals surface area contributed by atoms with Crippen LogP contribution in [0.5, 0.6) is 5.75 Å². The molecule has 0 heterocycles. The van der Waals surface area contributed by atoms with Crippen LogP contribution in [0.4, 0.5) is 0 Å². The van der Waals surface area contributed by atoms with E-state index in [0.717, 1.165) is 31.2 Å². The van der Waals surface area contributed by atoms with E-state index in [2.05, 4.69) is 0 Å². The molecular formula is C21H30ClNO5. The summed E-state index contributed by atoms with van der Waals surface area (Å²) in [5.74, 6) is 0.230. The third-order valence-corrected chi connectivity index (χ3v) is 5.15. The van der Waals surface area contributed by atoms with E-state index in [1.54, 1.807) is 19.1 Å². The van der Waals surface area contributed by atoms with Crippen LogP contribution in [0.15, 0.2) is 24.3 Å². The van der Waals surface area contributed by atoms with Gasteiger partial charge in [0.15, 0.2) is 11.9 Å². The van der Waals surface area contributed by atoms with E-state index in [-0.39, 0.29) is 36.5 Å². The van der Waals surface area contributed by atoms with Crippen molar-refractivity contribution in [1.29, 1.82) is 0 Å². The number of carbonyl (C=O) groups excluding carboxylic acids is 3. The number of hydrogen-bond acceptors (Lipinski definition) is 6. The quantitative estimate of drug-likeness (QED) is 0.521. The zero-order valence-electron chi connectivity index (χ0n) is 16.5. The lowest BCUT2D eigenvalue weighted by Crippen LogP contribution is -2.28. The van der Waals surface area contributed by atoms with Crippen LogP contribution >= 0.6 is 12.4 Å². The van der Waals surface area contributed by atoms with Crippen molar-refractivity contribution in [3.63, 3.8) is 0 Å². The highest BCUT2D eigenvalue weighted by atomic mass is 35.5. The highest BCUT2D eigenvalue weighted by Gasteiger charge is 2.27. The van der Waals surface area contributed by atoms with E-state index in [1.807, 2.05) is 12.1 Å². The van der Waals surface area contributed by atoms with Gasteiger partial charge in [-0.15, -0.1) is 12.4 Å². The van der Waals surface area contributed by atoms with Crippen molar-refractivity contribution in [3.05, 3.63) is 29.8 Å². The minimum absolute atomic E-state index is 0. The number of ether oxygens (including phenoxy) is 2. The molecule has 0 aromatic heterocycles. The number of ketones is 1. The summed E-state index contributed by atoms with van der Waals surface area (Å²) in [7, 11) is 0. The Labute approximate surface area is 172 Å². The van der Waals surface area contributed by atoms with Crippen molar-refractivity contribution in [3.8, 4) is 5.75 Å². The molecule has 0 aliphatic heterocycles. The fourth-order valence-corrected chi connectivity index (χ4v) is 3.14. The van der Waals surface area contributed by atoms with Crippen LogP contribution in [0.3, 0.4) is 0 Å². The molecule has 2 rings (SSSR count). The molecule has 7 heteroatoms. The van der Waals surface area contributed by atoms with Crippen LogP contribution in [0.2, 0.25) is 0 Å². The minimum Gasteiger partial charge on any atom is -0.455 e. The van der Waals surface area contributed by atoms with Gasteiger partial charge >= 0.3 is 11.9 Å². The molecule has 1 atom stereocenters. The SMILES string of the molecule is CC(=O)C(C)OC(=O)CCc1ccc(OC(=O)[C@H]2CC[C@H](CN)CC2)cc1.Cl. The topological polar surface area (TPSA) is 95.7 Å². The zero-order chi connectivity index (χ0) is 19.8. The lowest BCUT2D eigenvalue weighted by atomic mass is 9.82. The summed E-state index contributed by atoms with van der Waals surface area (Å²) in [4.78, 5) is 35.1. The third kappa shape index (κ3) is 7.60. The summed E-state index contributed by atoms with van der Waals surface area (Å²) < 4.78 is 10.5. The van der Waals surface area contributed by atoms with Gasteiger partial charge in [-0.05, 0) is 76.1 Å². The third-order valence-electron chi connectivity index (χ3n) is 5.15. The predicted octanol–water partition coefficient (Wildman–Crippen LogP) is 3.23. The van der Waals surface area contributed by atoms with Crippen LogP contribution in [-0.4, -0.2) is 30.4 Å². The number of benzene rings is 1. The normalized spacial score (nSPS) is 19.8. The van der Waals surface area contributed by atoms with E-state index in [1.165, 1.54) is 6.92 Å². The average Bonchev–Trinajstić information content (AvgIpc) is 2.67. The number of aryl methyl sites for hydroxylation is 1. The molecule has 6 nitrogen and oxygen atoms in total. The Kier molecular flexibility index (Phi) is 10.2. The van der Waals surface area contributed by atoms with Crippen molar-refractivity contribution in [2.75, 3.05) is 6.54 Å². The number of nitrogens with two attached hydrogens (primary N) is 1. The second kappa shape index (κ2) is 11.8. The van der Waals surface area contributed by atoms with Gasteiger partial charge in [-0.3, -0.25) is 14.4 Å². The molecule has 0 radical (unpaired) electrons. The molecular weight excluding hydrogens is 382 g/mol. The van der Waals surface area contributed by atoms with Crippen molar-refractivity contribution < 1.29 is 23.9 Å². The first kappa shape index (κ1) is 24.1. The van der Waals surface area contributed by atoms with E-state index in [4.69, 9.17) is 15.2 Å². The molecule has 1 aromatic rings. The second-order valence-corrected chi connectivity index (χ2v) is 7.26. The summed E-state index contributed by atoms with van der Waals surface area (Å²) in [5.41, 5.74) is 6.62. The maximum Gasteiger partial charge on any atom is 0.314 e. The van der Waals surface area contributed by atoms with Crippen molar-refractivity contribution in [2.24, 2.45) is 17.6 Å². The molecule has 0 saturated heterocycles. The summed E-state index contributed by atoms with van der Waals surface area (Å²) >= 11 is 0. The largest absolute Gasteiger partial charge is 0.455 e. The zero-order valence-corrected chi connectivity index (χ0v) is 17.3. The Morgan fingerprint density at radius 3 is 2.25 bits per heavy atom. The van der Waals surface area contributed by atoms with Crippen molar-refractivity contribution >= 4 is 30.1 Å². The standard InChI is InChI=1S/C21H29NO5.ClH/c1-14(23)15(2)26-20(24)12-7-16-5-10-19(11-6-16)27-21(25)18-8-3-17(13-22)4-9-18;/h5-6,10-11,15,17-18H,3-4,7-9,12-13,22H2,1-2H3;1H/t15?,17-,18-;. The van der Waals surface area contributed by atoms with Gasteiger partial charge in [0.1, 0.15) is 5.75 Å². The molecule has 1 saturated carbocycles. The summed E-state index contributed by atoms with van der Waals surface area (Å²) in [6.45, 7) is 3.64. The lowest BCUT2D eigenvalue weighted by Gasteiger charge is -2.26. The van der Waals surface area contributed by atoms with Gasteiger partial charge in [-0.2, -0.15) is 0 Å². The lowest BCUT2D eigenvalue weighted by molar-refractivity contribution is -0.153. The molecule has 156 valence electrons. The molecule has 2 N–H and O–H groups in total. The first-order chi connectivity index (χ1) is 12.9. The number of Topliss-reactive ketones (excluding diaryl/α,β-unsaturated/α-hetero) is 1. The van der Waals surface area contributed by atoms with Gasteiger partial charge in [0.05, 0.1) is 5.92 Å². The average molecular weight is 412 g/mol. The summed E-state index contributed by atoms with van der Waals surface area (Å²) in [6, 6.07) is 7.13.